The highest BCUT2D eigenvalue weighted by molar-refractivity contribution is 5.99. The largest absolute Gasteiger partial charge is 0.465 e. The number of esters is 1. The number of H-pyrrole nitrogens is 1. The number of carbonyl (C=O) groups excluding carboxylic acids is 1. The number of hydrogen-bond acceptors (Lipinski definition) is 3. The molecule has 98 valence electrons. The van der Waals surface area contributed by atoms with Crippen molar-refractivity contribution in [3.63, 3.8) is 0 Å². The van der Waals surface area contributed by atoms with Crippen LogP contribution in [0.3, 0.4) is 0 Å². The maximum absolute atomic E-state index is 11.6. The van der Waals surface area contributed by atoms with Crippen LogP contribution in [-0.4, -0.2) is 31.2 Å². The van der Waals surface area contributed by atoms with Crippen molar-refractivity contribution in [2.45, 2.75) is 6.42 Å². The van der Waals surface area contributed by atoms with Crippen molar-refractivity contribution < 1.29 is 9.53 Å². The molecule has 1 aromatic carbocycles. The molecule has 2 heterocycles. The van der Waals surface area contributed by atoms with Gasteiger partial charge in [0.1, 0.15) is 0 Å². The van der Waals surface area contributed by atoms with Crippen molar-refractivity contribution in [3.05, 3.63) is 41.6 Å². The molecule has 0 saturated carbocycles. The molecule has 0 amide bonds. The van der Waals surface area contributed by atoms with Gasteiger partial charge in [0.15, 0.2) is 0 Å². The zero-order valence-electron chi connectivity index (χ0n) is 10.8. The highest BCUT2D eigenvalue weighted by atomic mass is 16.5. The van der Waals surface area contributed by atoms with Gasteiger partial charge in [-0.15, -0.1) is 0 Å². The Balaban J connectivity index is 2.10. The fourth-order valence-electron chi connectivity index (χ4n) is 2.50. The second-order valence-electron chi connectivity index (χ2n) is 4.64. The number of fused-ring (bicyclic) bond motifs is 1. The Morgan fingerprint density at radius 1 is 1.37 bits per heavy atom. The molecule has 3 rings (SSSR count). The van der Waals surface area contributed by atoms with Crippen LogP contribution in [0.1, 0.15) is 22.3 Å². The molecule has 0 saturated heterocycles. The van der Waals surface area contributed by atoms with E-state index in [1.807, 2.05) is 18.3 Å². The molecule has 4 nitrogen and oxygen atoms in total. The van der Waals surface area contributed by atoms with Gasteiger partial charge in [-0.1, -0.05) is 6.08 Å². The molecule has 2 aromatic rings. The van der Waals surface area contributed by atoms with Crippen LogP contribution >= 0.6 is 0 Å². The average molecular weight is 256 g/mol. The van der Waals surface area contributed by atoms with E-state index < -0.39 is 0 Å². The number of carbonyl (C=O) groups is 1. The summed E-state index contributed by atoms with van der Waals surface area (Å²) in [4.78, 5) is 14.9. The predicted octanol–water partition coefficient (Wildman–Crippen LogP) is 2.33. The Bertz CT molecular complexity index is 655. The molecule has 0 fully saturated rings. The van der Waals surface area contributed by atoms with E-state index >= 15 is 0 Å². The number of ether oxygens (including phenoxy) is 1. The smallest absolute Gasteiger partial charge is 0.337 e. The van der Waals surface area contributed by atoms with Gasteiger partial charge in [-0.25, -0.2) is 4.79 Å². The molecule has 2 N–H and O–H groups in total. The first kappa shape index (κ1) is 12.0. The molecule has 0 spiro atoms. The molecule has 0 atom stereocenters. The predicted molar refractivity (Wildman–Crippen MR) is 75.1 cm³/mol. The summed E-state index contributed by atoms with van der Waals surface area (Å²) in [5, 5.41) is 4.38. The summed E-state index contributed by atoms with van der Waals surface area (Å²) in [6.07, 6.45) is 5.23. The molecule has 0 radical (unpaired) electrons. The fourth-order valence-corrected chi connectivity index (χ4v) is 2.50. The minimum absolute atomic E-state index is 0.298. The van der Waals surface area contributed by atoms with Crippen LogP contribution in [0.25, 0.3) is 16.5 Å². The van der Waals surface area contributed by atoms with Crippen LogP contribution in [0.4, 0.5) is 0 Å². The van der Waals surface area contributed by atoms with Gasteiger partial charge in [-0.3, -0.25) is 0 Å². The normalized spacial score (nSPS) is 15.3. The number of hydrogen-bond donors (Lipinski definition) is 2. The number of rotatable bonds is 2. The third-order valence-electron chi connectivity index (χ3n) is 3.51. The second-order valence-corrected chi connectivity index (χ2v) is 4.64. The van der Waals surface area contributed by atoms with Crippen LogP contribution < -0.4 is 5.32 Å². The van der Waals surface area contributed by atoms with Crippen LogP contribution in [0.15, 0.2) is 30.5 Å². The molecule has 0 bridgehead atoms. The minimum atomic E-state index is -0.298. The van der Waals surface area contributed by atoms with Gasteiger partial charge >= 0.3 is 5.97 Å². The first-order valence-electron chi connectivity index (χ1n) is 6.39. The van der Waals surface area contributed by atoms with Gasteiger partial charge in [-0.05, 0) is 36.7 Å². The summed E-state index contributed by atoms with van der Waals surface area (Å²) in [6, 6.07) is 5.61. The van der Waals surface area contributed by atoms with E-state index in [0.717, 1.165) is 30.4 Å². The Morgan fingerprint density at radius 2 is 2.26 bits per heavy atom. The van der Waals surface area contributed by atoms with Gasteiger partial charge in [0.05, 0.1) is 12.7 Å². The third kappa shape index (κ3) is 2.15. The third-order valence-corrected chi connectivity index (χ3v) is 3.51. The number of benzene rings is 1. The van der Waals surface area contributed by atoms with E-state index in [-0.39, 0.29) is 5.97 Å². The Morgan fingerprint density at radius 3 is 3.00 bits per heavy atom. The first-order chi connectivity index (χ1) is 9.29. The van der Waals surface area contributed by atoms with Crippen molar-refractivity contribution >= 4 is 22.4 Å². The van der Waals surface area contributed by atoms with Crippen LogP contribution in [-0.2, 0) is 4.74 Å². The highest BCUT2D eigenvalue weighted by Crippen LogP contribution is 2.28. The lowest BCUT2D eigenvalue weighted by Gasteiger charge is -2.13. The second kappa shape index (κ2) is 4.90. The van der Waals surface area contributed by atoms with Crippen molar-refractivity contribution in [3.8, 4) is 0 Å². The summed E-state index contributed by atoms with van der Waals surface area (Å²) in [5.74, 6) is -0.298. The summed E-state index contributed by atoms with van der Waals surface area (Å²) >= 11 is 0. The monoisotopic (exact) mass is 256 g/mol. The lowest BCUT2D eigenvalue weighted by Crippen LogP contribution is -2.19. The molecular weight excluding hydrogens is 240 g/mol. The van der Waals surface area contributed by atoms with Gasteiger partial charge in [0, 0.05) is 29.2 Å². The number of nitrogens with one attached hydrogen (secondary N) is 2. The van der Waals surface area contributed by atoms with Crippen molar-refractivity contribution in [2.75, 3.05) is 20.2 Å². The van der Waals surface area contributed by atoms with Gasteiger partial charge < -0.3 is 15.0 Å². The number of methoxy groups -OCH3 is 1. The highest BCUT2D eigenvalue weighted by Gasteiger charge is 2.13. The van der Waals surface area contributed by atoms with E-state index in [9.17, 15) is 4.79 Å². The van der Waals surface area contributed by atoms with Crippen LogP contribution in [0.5, 0.6) is 0 Å². The molecule has 1 aliphatic heterocycles. The van der Waals surface area contributed by atoms with Gasteiger partial charge in [-0.2, -0.15) is 0 Å². The molecule has 1 aromatic heterocycles. The van der Waals surface area contributed by atoms with E-state index in [2.05, 4.69) is 16.4 Å². The standard InChI is InChI=1S/C15H16N2O2/c1-19-15(18)11-2-3-14-12(8-11)13(9-17-14)10-4-6-16-7-5-10/h2-4,8-9,16-17H,5-7H2,1H3. The zero-order valence-corrected chi connectivity index (χ0v) is 10.8. The van der Waals surface area contributed by atoms with E-state index in [4.69, 9.17) is 4.74 Å². The van der Waals surface area contributed by atoms with E-state index in [1.165, 1.54) is 18.2 Å². The molecule has 0 aliphatic carbocycles. The molecule has 0 unspecified atom stereocenters. The zero-order chi connectivity index (χ0) is 13.2. The van der Waals surface area contributed by atoms with Crippen LogP contribution in [0, 0.1) is 0 Å². The average Bonchev–Trinajstić information content (AvgIpc) is 2.90. The first-order valence-corrected chi connectivity index (χ1v) is 6.39. The Labute approximate surface area is 111 Å². The maximum Gasteiger partial charge on any atom is 0.337 e. The quantitative estimate of drug-likeness (QED) is 0.811. The summed E-state index contributed by atoms with van der Waals surface area (Å²) in [5.41, 5.74) is 4.14. The number of aromatic amines is 1. The van der Waals surface area contributed by atoms with Gasteiger partial charge in [0.25, 0.3) is 0 Å². The molecule has 1 aliphatic rings. The van der Waals surface area contributed by atoms with Crippen molar-refractivity contribution in [1.82, 2.24) is 10.3 Å². The van der Waals surface area contributed by atoms with Crippen molar-refractivity contribution in [2.24, 2.45) is 0 Å². The van der Waals surface area contributed by atoms with Gasteiger partial charge in [0.2, 0.25) is 0 Å². The maximum atomic E-state index is 11.6. The minimum Gasteiger partial charge on any atom is -0.465 e. The van der Waals surface area contributed by atoms with E-state index in [1.54, 1.807) is 6.07 Å². The SMILES string of the molecule is COC(=O)c1ccc2[nH]cc(C3=CCNCC3)c2c1. The lowest BCUT2D eigenvalue weighted by molar-refractivity contribution is 0.0601. The van der Waals surface area contributed by atoms with Crippen molar-refractivity contribution in [1.29, 1.82) is 0 Å². The summed E-state index contributed by atoms with van der Waals surface area (Å²) < 4.78 is 4.77. The van der Waals surface area contributed by atoms with E-state index in [0.29, 0.717) is 5.56 Å². The fraction of sp³-hybridized carbons (Fsp3) is 0.267. The molecule has 4 heteroatoms. The topological polar surface area (TPSA) is 54.1 Å². The lowest BCUT2D eigenvalue weighted by atomic mass is 9.99. The summed E-state index contributed by atoms with van der Waals surface area (Å²) in [7, 11) is 1.40. The number of aromatic nitrogens is 1. The van der Waals surface area contributed by atoms with Crippen LogP contribution in [0.2, 0.25) is 0 Å². The summed E-state index contributed by atoms with van der Waals surface area (Å²) in [6.45, 7) is 1.90. The molecule has 19 heavy (non-hydrogen) atoms. The molecular formula is C15H16N2O2. The Hall–Kier alpha value is -2.07. The Kier molecular flexibility index (Phi) is 3.09.